The van der Waals surface area contributed by atoms with Crippen molar-refractivity contribution in [2.24, 2.45) is 5.73 Å². The minimum Gasteiger partial charge on any atom is -0.381 e. The summed E-state index contributed by atoms with van der Waals surface area (Å²) in [4.78, 5) is 4.23. The first kappa shape index (κ1) is 17.1. The second-order valence-corrected chi connectivity index (χ2v) is 5.21. The number of aromatic nitrogens is 1. The topological polar surface area (TPSA) is 57.4 Å². The maximum absolute atomic E-state index is 5.93. The molecule has 5 heteroatoms. The molecular formula is C15H24N2O2S. The predicted octanol–water partition coefficient (Wildman–Crippen LogP) is 2.24. The molecule has 1 aromatic heterocycles. The summed E-state index contributed by atoms with van der Waals surface area (Å²) in [7, 11) is 0. The molecule has 0 aliphatic carbocycles. The number of nitrogens with two attached hydrogens (primary N) is 1. The number of hydrogen-bond acceptors (Lipinski definition) is 5. The van der Waals surface area contributed by atoms with Crippen LogP contribution in [0.2, 0.25) is 0 Å². The van der Waals surface area contributed by atoms with Crippen LogP contribution < -0.4 is 5.73 Å². The highest BCUT2D eigenvalue weighted by atomic mass is 32.1. The van der Waals surface area contributed by atoms with Gasteiger partial charge in [0.1, 0.15) is 0 Å². The highest BCUT2D eigenvalue weighted by molar-refractivity contribution is 7.07. The lowest BCUT2D eigenvalue weighted by atomic mass is 10.2. The van der Waals surface area contributed by atoms with Gasteiger partial charge in [0.2, 0.25) is 0 Å². The van der Waals surface area contributed by atoms with E-state index in [0.29, 0.717) is 19.8 Å². The van der Waals surface area contributed by atoms with Gasteiger partial charge >= 0.3 is 0 Å². The van der Waals surface area contributed by atoms with Crippen LogP contribution in [0.4, 0.5) is 0 Å². The van der Waals surface area contributed by atoms with Crippen LogP contribution in [0, 0.1) is 11.8 Å². The Bertz CT molecular complexity index is 384. The Balaban J connectivity index is 1.86. The van der Waals surface area contributed by atoms with Gasteiger partial charge in [0.15, 0.2) is 0 Å². The van der Waals surface area contributed by atoms with E-state index in [9.17, 15) is 0 Å². The van der Waals surface area contributed by atoms with Crippen molar-refractivity contribution < 1.29 is 9.47 Å². The second kappa shape index (κ2) is 11.9. The molecule has 1 atom stereocenters. The molecule has 1 aromatic rings. The Kier molecular flexibility index (Phi) is 10.2. The Morgan fingerprint density at radius 2 is 2.25 bits per heavy atom. The average molecular weight is 296 g/mol. The van der Waals surface area contributed by atoms with E-state index < -0.39 is 0 Å². The van der Waals surface area contributed by atoms with Crippen molar-refractivity contribution in [1.29, 1.82) is 0 Å². The lowest BCUT2D eigenvalue weighted by Gasteiger charge is -2.11. The minimum atomic E-state index is 0.0446. The standard InChI is InChI=1S/C15H24N2O2S/c1-2-3-4-8-19-11-14(16)7-10-18-9-5-6-15-12-20-13-17-15/h12-14H,4-11,16H2,1H3. The molecule has 0 fully saturated rings. The molecule has 0 saturated heterocycles. The van der Waals surface area contributed by atoms with Gasteiger partial charge in [-0.2, -0.15) is 0 Å². The Morgan fingerprint density at radius 3 is 3.00 bits per heavy atom. The van der Waals surface area contributed by atoms with E-state index in [0.717, 1.165) is 38.0 Å². The van der Waals surface area contributed by atoms with Crippen LogP contribution in [0.15, 0.2) is 10.9 Å². The Morgan fingerprint density at radius 1 is 1.35 bits per heavy atom. The van der Waals surface area contributed by atoms with Gasteiger partial charge in [-0.1, -0.05) is 0 Å². The first-order chi connectivity index (χ1) is 9.83. The zero-order valence-corrected chi connectivity index (χ0v) is 13.0. The van der Waals surface area contributed by atoms with Gasteiger partial charge in [0.05, 0.1) is 24.4 Å². The predicted molar refractivity (Wildman–Crippen MR) is 82.7 cm³/mol. The van der Waals surface area contributed by atoms with Crippen LogP contribution in [-0.2, 0) is 15.9 Å². The number of nitrogens with zero attached hydrogens (tertiary/aromatic N) is 1. The minimum absolute atomic E-state index is 0.0446. The van der Waals surface area contributed by atoms with E-state index in [1.54, 1.807) is 11.3 Å². The summed E-state index contributed by atoms with van der Waals surface area (Å²) >= 11 is 1.63. The third kappa shape index (κ3) is 9.05. The van der Waals surface area contributed by atoms with Gasteiger partial charge < -0.3 is 15.2 Å². The van der Waals surface area contributed by atoms with Crippen LogP contribution in [0.1, 0.15) is 31.9 Å². The van der Waals surface area contributed by atoms with Crippen LogP contribution in [0.5, 0.6) is 0 Å². The molecule has 0 saturated carbocycles. The second-order valence-electron chi connectivity index (χ2n) is 4.50. The van der Waals surface area contributed by atoms with Crippen LogP contribution in [0.25, 0.3) is 0 Å². The molecule has 20 heavy (non-hydrogen) atoms. The Hall–Kier alpha value is -0.930. The van der Waals surface area contributed by atoms with E-state index in [4.69, 9.17) is 15.2 Å². The third-order valence-electron chi connectivity index (χ3n) is 2.72. The molecule has 1 unspecified atom stereocenters. The molecule has 0 spiro atoms. The van der Waals surface area contributed by atoms with Crippen molar-refractivity contribution in [3.05, 3.63) is 16.6 Å². The average Bonchev–Trinajstić information content (AvgIpc) is 2.95. The third-order valence-corrected chi connectivity index (χ3v) is 3.35. The van der Waals surface area contributed by atoms with E-state index in [-0.39, 0.29) is 6.04 Å². The SMILES string of the molecule is CC#CCCOCC(N)CCOCCCc1cscn1. The molecule has 4 nitrogen and oxygen atoms in total. The summed E-state index contributed by atoms with van der Waals surface area (Å²) in [6, 6.07) is 0.0446. The molecule has 0 amide bonds. The van der Waals surface area contributed by atoms with E-state index in [1.807, 2.05) is 12.4 Å². The first-order valence-electron chi connectivity index (χ1n) is 7.00. The summed E-state index contributed by atoms with van der Waals surface area (Å²) in [5, 5.41) is 2.08. The van der Waals surface area contributed by atoms with Gasteiger partial charge in [-0.15, -0.1) is 23.2 Å². The zero-order chi connectivity index (χ0) is 14.5. The molecule has 1 heterocycles. The molecule has 1 rings (SSSR count). The van der Waals surface area contributed by atoms with Crippen LogP contribution in [-0.4, -0.2) is 37.5 Å². The highest BCUT2D eigenvalue weighted by Crippen LogP contribution is 2.04. The van der Waals surface area contributed by atoms with E-state index in [1.165, 1.54) is 0 Å². The van der Waals surface area contributed by atoms with Gasteiger partial charge in [-0.05, 0) is 26.2 Å². The van der Waals surface area contributed by atoms with Gasteiger partial charge in [-0.25, -0.2) is 4.98 Å². The van der Waals surface area contributed by atoms with Crippen molar-refractivity contribution in [2.45, 2.75) is 38.6 Å². The molecule has 2 N–H and O–H groups in total. The van der Waals surface area contributed by atoms with Crippen LogP contribution in [0.3, 0.4) is 0 Å². The molecule has 0 aliphatic heterocycles. The molecule has 0 bridgehead atoms. The highest BCUT2D eigenvalue weighted by Gasteiger charge is 2.02. The lowest BCUT2D eigenvalue weighted by Crippen LogP contribution is -2.28. The quantitative estimate of drug-likeness (QED) is 0.502. The van der Waals surface area contributed by atoms with Gasteiger partial charge in [0, 0.05) is 31.1 Å². The summed E-state index contributed by atoms with van der Waals surface area (Å²) in [5.74, 6) is 5.79. The normalized spacial score (nSPS) is 11.9. The number of aryl methyl sites for hydroxylation is 1. The van der Waals surface area contributed by atoms with E-state index in [2.05, 4.69) is 22.2 Å². The van der Waals surface area contributed by atoms with Crippen molar-refractivity contribution in [3.8, 4) is 11.8 Å². The summed E-state index contributed by atoms with van der Waals surface area (Å²) in [6.45, 7) is 4.52. The number of ether oxygens (including phenoxy) is 2. The van der Waals surface area contributed by atoms with Crippen LogP contribution >= 0.6 is 11.3 Å². The first-order valence-corrected chi connectivity index (χ1v) is 7.95. The number of rotatable bonds is 11. The molecular weight excluding hydrogens is 272 g/mol. The smallest absolute Gasteiger partial charge is 0.0794 e. The fourth-order valence-corrected chi connectivity index (χ4v) is 2.21. The van der Waals surface area contributed by atoms with E-state index >= 15 is 0 Å². The number of hydrogen-bond donors (Lipinski definition) is 1. The van der Waals surface area contributed by atoms with Crippen molar-refractivity contribution in [2.75, 3.05) is 26.4 Å². The molecule has 0 radical (unpaired) electrons. The largest absolute Gasteiger partial charge is 0.381 e. The van der Waals surface area contributed by atoms with Crippen molar-refractivity contribution >= 4 is 11.3 Å². The fourth-order valence-electron chi connectivity index (χ4n) is 1.62. The zero-order valence-electron chi connectivity index (χ0n) is 12.1. The Labute approximate surface area is 125 Å². The summed E-state index contributed by atoms with van der Waals surface area (Å²) in [5.41, 5.74) is 8.94. The monoisotopic (exact) mass is 296 g/mol. The van der Waals surface area contributed by atoms with Gasteiger partial charge in [-0.3, -0.25) is 0 Å². The van der Waals surface area contributed by atoms with Gasteiger partial charge in [0.25, 0.3) is 0 Å². The maximum atomic E-state index is 5.93. The number of thiazole rings is 1. The fraction of sp³-hybridized carbons (Fsp3) is 0.667. The molecule has 0 aliphatic rings. The molecule has 112 valence electrons. The van der Waals surface area contributed by atoms with Crippen molar-refractivity contribution in [1.82, 2.24) is 4.98 Å². The lowest BCUT2D eigenvalue weighted by molar-refractivity contribution is 0.0934. The van der Waals surface area contributed by atoms with Crippen molar-refractivity contribution in [3.63, 3.8) is 0 Å². The summed E-state index contributed by atoms with van der Waals surface area (Å²) in [6.07, 6.45) is 3.59. The maximum Gasteiger partial charge on any atom is 0.0794 e. The summed E-state index contributed by atoms with van der Waals surface area (Å²) < 4.78 is 11.0. The molecule has 0 aromatic carbocycles.